The van der Waals surface area contributed by atoms with E-state index in [1.54, 1.807) is 0 Å². The number of sulfonamides is 1. The molecule has 6 nitrogen and oxygen atoms in total. The number of ether oxygens (including phenoxy) is 1. The zero-order valence-electron chi connectivity index (χ0n) is 12.9. The molecule has 2 rings (SSSR count). The number of benzene rings is 2. The van der Waals surface area contributed by atoms with Crippen LogP contribution in [-0.4, -0.2) is 27.3 Å². The van der Waals surface area contributed by atoms with Crippen molar-refractivity contribution in [3.05, 3.63) is 58.6 Å². The lowest BCUT2D eigenvalue weighted by Gasteiger charge is -2.12. The molecule has 0 heterocycles. The lowest BCUT2D eigenvalue weighted by Crippen LogP contribution is -2.16. The lowest BCUT2D eigenvalue weighted by molar-refractivity contribution is 0.0602. The van der Waals surface area contributed by atoms with Gasteiger partial charge >= 0.3 is 5.97 Å². The van der Waals surface area contributed by atoms with Crippen LogP contribution in [0.25, 0.3) is 0 Å². The van der Waals surface area contributed by atoms with Crippen LogP contribution >= 0.6 is 11.6 Å². The Kier molecular flexibility index (Phi) is 5.26. The van der Waals surface area contributed by atoms with E-state index in [9.17, 15) is 18.0 Å². The SMILES string of the molecule is COC(=O)c1ccc(Cl)cc1NS(=O)(=O)c1cccc(C(C)=O)c1. The summed E-state index contributed by atoms with van der Waals surface area (Å²) in [6, 6.07) is 9.69. The maximum absolute atomic E-state index is 12.5. The summed E-state index contributed by atoms with van der Waals surface area (Å²) in [5.74, 6) is -0.966. The Morgan fingerprint density at radius 2 is 1.83 bits per heavy atom. The molecule has 8 heteroatoms. The second kappa shape index (κ2) is 7.02. The summed E-state index contributed by atoms with van der Waals surface area (Å²) in [7, 11) is -2.83. The highest BCUT2D eigenvalue weighted by molar-refractivity contribution is 7.92. The Bertz CT molecular complexity index is 908. The predicted octanol–water partition coefficient (Wildman–Crippen LogP) is 3.13. The molecule has 0 atom stereocenters. The van der Waals surface area contributed by atoms with Crippen molar-refractivity contribution in [3.8, 4) is 0 Å². The Morgan fingerprint density at radius 3 is 2.46 bits per heavy atom. The minimum Gasteiger partial charge on any atom is -0.465 e. The second-order valence-corrected chi connectivity index (χ2v) is 6.99. The topological polar surface area (TPSA) is 89.5 Å². The summed E-state index contributed by atoms with van der Waals surface area (Å²) in [6.07, 6.45) is 0. The van der Waals surface area contributed by atoms with Crippen molar-refractivity contribution in [1.82, 2.24) is 0 Å². The smallest absolute Gasteiger partial charge is 0.339 e. The van der Waals surface area contributed by atoms with Gasteiger partial charge in [0.15, 0.2) is 5.78 Å². The number of halogens is 1. The quantitative estimate of drug-likeness (QED) is 0.647. The number of ketones is 1. The number of esters is 1. The van der Waals surface area contributed by atoms with Gasteiger partial charge in [-0.05, 0) is 37.3 Å². The van der Waals surface area contributed by atoms with Crippen molar-refractivity contribution >= 4 is 39.1 Å². The van der Waals surface area contributed by atoms with Crippen molar-refractivity contribution in [2.45, 2.75) is 11.8 Å². The Labute approximate surface area is 144 Å². The molecule has 0 aliphatic carbocycles. The number of carbonyl (C=O) groups is 2. The third-order valence-electron chi connectivity index (χ3n) is 3.18. The van der Waals surface area contributed by atoms with Crippen LogP contribution < -0.4 is 4.72 Å². The van der Waals surface area contributed by atoms with Gasteiger partial charge in [0.05, 0.1) is 23.3 Å². The van der Waals surface area contributed by atoms with Gasteiger partial charge in [-0.2, -0.15) is 0 Å². The molecule has 126 valence electrons. The standard InChI is InChI=1S/C16H14ClNO5S/c1-10(19)11-4-3-5-13(8-11)24(21,22)18-15-9-12(17)6-7-14(15)16(20)23-2/h3-9,18H,1-2H3. The zero-order chi connectivity index (χ0) is 17.9. The first kappa shape index (κ1) is 18.0. The predicted molar refractivity (Wildman–Crippen MR) is 90.0 cm³/mol. The molecule has 0 spiro atoms. The van der Waals surface area contributed by atoms with Gasteiger partial charge in [0, 0.05) is 10.6 Å². The van der Waals surface area contributed by atoms with E-state index in [0.717, 1.165) is 0 Å². The molecule has 0 fully saturated rings. The van der Waals surface area contributed by atoms with Gasteiger partial charge in [-0.3, -0.25) is 9.52 Å². The van der Waals surface area contributed by atoms with Gasteiger partial charge in [-0.1, -0.05) is 23.7 Å². The first-order valence-electron chi connectivity index (χ1n) is 6.76. The van der Waals surface area contributed by atoms with Gasteiger partial charge in [-0.25, -0.2) is 13.2 Å². The third kappa shape index (κ3) is 3.93. The van der Waals surface area contributed by atoms with Gasteiger partial charge in [0.2, 0.25) is 0 Å². The minimum absolute atomic E-state index is 0.0115. The van der Waals surface area contributed by atoms with Crippen LogP contribution in [0.5, 0.6) is 0 Å². The van der Waals surface area contributed by atoms with Crippen LogP contribution in [0.15, 0.2) is 47.4 Å². The first-order valence-corrected chi connectivity index (χ1v) is 8.62. The molecule has 2 aromatic rings. The number of methoxy groups -OCH3 is 1. The Balaban J connectivity index is 2.47. The van der Waals surface area contributed by atoms with Crippen LogP contribution in [0.2, 0.25) is 5.02 Å². The third-order valence-corrected chi connectivity index (χ3v) is 4.78. The maximum atomic E-state index is 12.5. The van der Waals surface area contributed by atoms with Crippen molar-refractivity contribution in [2.75, 3.05) is 11.8 Å². The number of hydrogen-bond donors (Lipinski definition) is 1. The van der Waals surface area contributed by atoms with E-state index in [-0.39, 0.29) is 32.5 Å². The molecule has 0 bridgehead atoms. The van der Waals surface area contributed by atoms with Crippen molar-refractivity contribution < 1.29 is 22.7 Å². The van der Waals surface area contributed by atoms with E-state index in [0.29, 0.717) is 0 Å². The minimum atomic E-state index is -4.02. The summed E-state index contributed by atoms with van der Waals surface area (Å²) in [5, 5.41) is 0.248. The van der Waals surface area contributed by atoms with Gasteiger partial charge < -0.3 is 4.74 Å². The van der Waals surface area contributed by atoms with Crippen LogP contribution in [-0.2, 0) is 14.8 Å². The highest BCUT2D eigenvalue weighted by Crippen LogP contribution is 2.25. The van der Waals surface area contributed by atoms with Gasteiger partial charge in [0.25, 0.3) is 10.0 Å². The van der Waals surface area contributed by atoms with Crippen molar-refractivity contribution in [3.63, 3.8) is 0 Å². The van der Waals surface area contributed by atoms with E-state index in [1.807, 2.05) is 0 Å². The fraction of sp³-hybridized carbons (Fsp3) is 0.125. The van der Waals surface area contributed by atoms with Crippen molar-refractivity contribution in [1.29, 1.82) is 0 Å². The van der Waals surface area contributed by atoms with E-state index in [1.165, 1.54) is 56.5 Å². The highest BCUT2D eigenvalue weighted by atomic mass is 35.5. The maximum Gasteiger partial charge on any atom is 0.339 e. The molecule has 2 aromatic carbocycles. The summed E-state index contributed by atoms with van der Waals surface area (Å²) in [4.78, 5) is 23.1. The molecule has 0 unspecified atom stereocenters. The summed E-state index contributed by atoms with van der Waals surface area (Å²) in [5.41, 5.74) is 0.271. The largest absolute Gasteiger partial charge is 0.465 e. The molecule has 0 aliphatic heterocycles. The van der Waals surface area contributed by atoms with E-state index >= 15 is 0 Å². The average Bonchev–Trinajstić information content (AvgIpc) is 2.54. The highest BCUT2D eigenvalue weighted by Gasteiger charge is 2.20. The van der Waals surface area contributed by atoms with E-state index in [4.69, 9.17) is 11.6 Å². The Morgan fingerprint density at radius 1 is 1.12 bits per heavy atom. The molecule has 0 saturated heterocycles. The van der Waals surface area contributed by atoms with Crippen molar-refractivity contribution in [2.24, 2.45) is 0 Å². The average molecular weight is 368 g/mol. The Hall–Kier alpha value is -2.38. The van der Waals surface area contributed by atoms with Crippen LogP contribution in [0, 0.1) is 0 Å². The molecule has 0 amide bonds. The lowest BCUT2D eigenvalue weighted by atomic mass is 10.2. The van der Waals surface area contributed by atoms with Gasteiger partial charge in [0.1, 0.15) is 0 Å². The fourth-order valence-corrected chi connectivity index (χ4v) is 3.26. The number of nitrogens with one attached hydrogen (secondary N) is 1. The second-order valence-electron chi connectivity index (χ2n) is 4.87. The number of hydrogen-bond acceptors (Lipinski definition) is 5. The zero-order valence-corrected chi connectivity index (χ0v) is 14.4. The number of rotatable bonds is 5. The van der Waals surface area contributed by atoms with Crippen LogP contribution in [0.4, 0.5) is 5.69 Å². The molecule has 1 N–H and O–H groups in total. The number of anilines is 1. The molecule has 24 heavy (non-hydrogen) atoms. The molecular weight excluding hydrogens is 354 g/mol. The van der Waals surface area contributed by atoms with Crippen LogP contribution in [0.3, 0.4) is 0 Å². The van der Waals surface area contributed by atoms with Crippen LogP contribution in [0.1, 0.15) is 27.6 Å². The van der Waals surface area contributed by atoms with E-state index < -0.39 is 16.0 Å². The summed E-state index contributed by atoms with van der Waals surface area (Å²) < 4.78 is 32.0. The molecule has 0 aliphatic rings. The summed E-state index contributed by atoms with van der Waals surface area (Å²) >= 11 is 5.87. The molecule has 0 saturated carbocycles. The molecular formula is C16H14ClNO5S. The number of Topliss-reactive ketones (excluding diaryl/α,β-unsaturated/α-hetero) is 1. The van der Waals surface area contributed by atoms with E-state index in [2.05, 4.69) is 9.46 Å². The normalized spacial score (nSPS) is 11.0. The summed E-state index contributed by atoms with van der Waals surface area (Å²) in [6.45, 7) is 1.34. The molecule has 0 aromatic heterocycles. The fourth-order valence-electron chi connectivity index (χ4n) is 1.97. The number of carbonyl (C=O) groups excluding carboxylic acids is 2. The monoisotopic (exact) mass is 367 g/mol. The van der Waals surface area contributed by atoms with Gasteiger partial charge in [-0.15, -0.1) is 0 Å². The first-order chi connectivity index (χ1) is 11.2. The molecule has 0 radical (unpaired) electrons.